The molecule has 0 aromatic heterocycles. The molecule has 3 rings (SSSR count). The van der Waals surface area contributed by atoms with Gasteiger partial charge < -0.3 is 10.1 Å². The van der Waals surface area contributed by atoms with Gasteiger partial charge in [-0.1, -0.05) is 46.9 Å². The van der Waals surface area contributed by atoms with Gasteiger partial charge in [-0.15, -0.1) is 0 Å². The van der Waals surface area contributed by atoms with Crippen LogP contribution in [-0.2, 0) is 9.59 Å². The van der Waals surface area contributed by atoms with Crippen LogP contribution in [0.1, 0.15) is 15.9 Å². The summed E-state index contributed by atoms with van der Waals surface area (Å²) in [6, 6.07) is 17.2. The Labute approximate surface area is 197 Å². The first kappa shape index (κ1) is 23.3. The highest BCUT2D eigenvalue weighted by Crippen LogP contribution is 2.23. The van der Waals surface area contributed by atoms with Gasteiger partial charge in [-0.25, -0.2) is 10.2 Å². The van der Waals surface area contributed by atoms with Crippen molar-refractivity contribution in [3.05, 3.63) is 92.9 Å². The highest BCUT2D eigenvalue weighted by molar-refractivity contribution is 6.41. The Morgan fingerprint density at radius 2 is 1.56 bits per heavy atom. The molecule has 0 aliphatic rings. The van der Waals surface area contributed by atoms with Gasteiger partial charge in [0.05, 0.1) is 27.5 Å². The number of carbonyl (C=O) groups excluding carboxylic acids is 3. The van der Waals surface area contributed by atoms with E-state index in [0.717, 1.165) is 0 Å². The first-order valence-electron chi connectivity index (χ1n) is 8.99. The lowest BCUT2D eigenvalue weighted by Gasteiger charge is -2.06. The van der Waals surface area contributed by atoms with E-state index in [4.69, 9.17) is 39.5 Å². The van der Waals surface area contributed by atoms with Crippen molar-refractivity contribution in [2.75, 3.05) is 5.32 Å². The summed E-state index contributed by atoms with van der Waals surface area (Å²) in [4.78, 5) is 36.0. The number of para-hydroxylation sites is 1. The molecule has 0 saturated heterocycles. The number of nitrogens with zero attached hydrogens (tertiary/aromatic N) is 1. The average Bonchev–Trinajstić information content (AvgIpc) is 2.76. The number of carbonyl (C=O) groups is 3. The Morgan fingerprint density at radius 3 is 2.25 bits per heavy atom. The molecule has 3 aromatic carbocycles. The van der Waals surface area contributed by atoms with Crippen molar-refractivity contribution in [3.8, 4) is 5.75 Å². The molecule has 3 aromatic rings. The molecule has 0 bridgehead atoms. The molecular weight excluding hydrogens is 477 g/mol. The van der Waals surface area contributed by atoms with Crippen molar-refractivity contribution in [2.45, 2.75) is 0 Å². The second-order valence-electron chi connectivity index (χ2n) is 6.22. The molecule has 0 heterocycles. The quantitative estimate of drug-likeness (QED) is 0.174. The maximum atomic E-state index is 12.2. The van der Waals surface area contributed by atoms with E-state index in [-0.39, 0.29) is 16.3 Å². The molecule has 0 aliphatic carbocycles. The van der Waals surface area contributed by atoms with Crippen LogP contribution >= 0.6 is 34.8 Å². The molecule has 0 spiro atoms. The summed E-state index contributed by atoms with van der Waals surface area (Å²) in [6.07, 6.45) is 1.32. The van der Waals surface area contributed by atoms with E-state index in [1.807, 2.05) is 0 Å². The first-order valence-corrected chi connectivity index (χ1v) is 10.1. The monoisotopic (exact) mass is 489 g/mol. The fourth-order valence-electron chi connectivity index (χ4n) is 2.40. The van der Waals surface area contributed by atoms with Gasteiger partial charge in [0.25, 0.3) is 0 Å². The van der Waals surface area contributed by atoms with E-state index in [2.05, 4.69) is 15.8 Å². The molecule has 32 heavy (non-hydrogen) atoms. The number of esters is 1. The summed E-state index contributed by atoms with van der Waals surface area (Å²) in [5.41, 5.74) is 3.19. The van der Waals surface area contributed by atoms with Gasteiger partial charge in [0, 0.05) is 5.02 Å². The van der Waals surface area contributed by atoms with Crippen molar-refractivity contribution in [2.24, 2.45) is 5.10 Å². The largest absolute Gasteiger partial charge is 0.423 e. The molecule has 0 fully saturated rings. The zero-order chi connectivity index (χ0) is 23.1. The van der Waals surface area contributed by atoms with Gasteiger partial charge in [-0.2, -0.15) is 5.10 Å². The van der Waals surface area contributed by atoms with Crippen LogP contribution in [0.3, 0.4) is 0 Å². The van der Waals surface area contributed by atoms with Crippen LogP contribution in [0, 0.1) is 0 Å². The van der Waals surface area contributed by atoms with E-state index in [1.165, 1.54) is 36.5 Å². The standard InChI is InChI=1S/C22H14Cl3N3O4/c23-14-7-10-16(18(25)11-14)22(31)32-15-8-5-13(6-9-15)12-26-28-21(30)20(29)27-19-4-2-1-3-17(19)24/h1-12H,(H,27,29)(H,28,30). The SMILES string of the molecule is O=C(NN=Cc1ccc(OC(=O)c2ccc(Cl)cc2Cl)cc1)C(=O)Nc1ccccc1Cl. The van der Waals surface area contributed by atoms with E-state index >= 15 is 0 Å². The minimum atomic E-state index is -0.966. The van der Waals surface area contributed by atoms with Gasteiger partial charge in [0.1, 0.15) is 5.75 Å². The van der Waals surface area contributed by atoms with Crippen LogP contribution in [0.15, 0.2) is 71.8 Å². The summed E-state index contributed by atoms with van der Waals surface area (Å²) in [7, 11) is 0. The number of halogens is 3. The maximum Gasteiger partial charge on any atom is 0.345 e. The molecule has 0 radical (unpaired) electrons. The van der Waals surface area contributed by atoms with E-state index in [0.29, 0.717) is 21.3 Å². The highest BCUT2D eigenvalue weighted by Gasteiger charge is 2.15. The Kier molecular flexibility index (Phi) is 7.83. The number of anilines is 1. The van der Waals surface area contributed by atoms with Crippen LogP contribution in [0.2, 0.25) is 15.1 Å². The number of nitrogens with one attached hydrogen (secondary N) is 2. The molecule has 0 saturated carbocycles. The number of hydrazone groups is 1. The molecule has 2 N–H and O–H groups in total. The second-order valence-corrected chi connectivity index (χ2v) is 7.47. The zero-order valence-corrected chi connectivity index (χ0v) is 18.4. The fourth-order valence-corrected chi connectivity index (χ4v) is 3.07. The number of benzene rings is 3. The van der Waals surface area contributed by atoms with Gasteiger partial charge in [-0.3, -0.25) is 9.59 Å². The predicted molar refractivity (Wildman–Crippen MR) is 124 cm³/mol. The van der Waals surface area contributed by atoms with Crippen LogP contribution in [0.5, 0.6) is 5.75 Å². The van der Waals surface area contributed by atoms with Crippen LogP contribution in [0.25, 0.3) is 0 Å². The van der Waals surface area contributed by atoms with Crippen LogP contribution in [-0.4, -0.2) is 24.0 Å². The van der Waals surface area contributed by atoms with Crippen molar-refractivity contribution >= 4 is 64.5 Å². The van der Waals surface area contributed by atoms with Gasteiger partial charge in [0.15, 0.2) is 0 Å². The Morgan fingerprint density at radius 1 is 0.844 bits per heavy atom. The zero-order valence-electron chi connectivity index (χ0n) is 16.1. The summed E-state index contributed by atoms with van der Waals surface area (Å²) in [5.74, 6) is -2.24. The van der Waals surface area contributed by atoms with E-state index in [1.54, 1.807) is 36.4 Å². The number of amides is 2. The highest BCUT2D eigenvalue weighted by atomic mass is 35.5. The molecule has 0 unspecified atom stereocenters. The Hall–Kier alpha value is -3.39. The van der Waals surface area contributed by atoms with Crippen molar-refractivity contribution in [1.29, 1.82) is 0 Å². The number of rotatable bonds is 5. The lowest BCUT2D eigenvalue weighted by atomic mass is 10.2. The first-order chi connectivity index (χ1) is 15.3. The second kappa shape index (κ2) is 10.8. The van der Waals surface area contributed by atoms with Crippen molar-refractivity contribution < 1.29 is 19.1 Å². The molecule has 0 atom stereocenters. The predicted octanol–water partition coefficient (Wildman–Crippen LogP) is 4.95. The maximum absolute atomic E-state index is 12.2. The fraction of sp³-hybridized carbons (Fsp3) is 0. The van der Waals surface area contributed by atoms with E-state index < -0.39 is 17.8 Å². The Bertz CT molecular complexity index is 1200. The molecule has 7 nitrogen and oxygen atoms in total. The molecule has 162 valence electrons. The number of hydrogen-bond acceptors (Lipinski definition) is 5. The average molecular weight is 491 g/mol. The van der Waals surface area contributed by atoms with Crippen LogP contribution < -0.4 is 15.5 Å². The third-order valence-electron chi connectivity index (χ3n) is 3.95. The third-order valence-corrected chi connectivity index (χ3v) is 4.83. The lowest BCUT2D eigenvalue weighted by molar-refractivity contribution is -0.136. The third kappa shape index (κ3) is 6.31. The minimum absolute atomic E-state index is 0.180. The summed E-state index contributed by atoms with van der Waals surface area (Å²) >= 11 is 17.8. The van der Waals surface area contributed by atoms with Gasteiger partial charge >= 0.3 is 17.8 Å². The lowest BCUT2D eigenvalue weighted by Crippen LogP contribution is -2.32. The minimum Gasteiger partial charge on any atom is -0.423 e. The van der Waals surface area contributed by atoms with Crippen LogP contribution in [0.4, 0.5) is 5.69 Å². The molecule has 10 heteroatoms. The number of ether oxygens (including phenoxy) is 1. The topological polar surface area (TPSA) is 96.9 Å². The molecule has 2 amide bonds. The summed E-state index contributed by atoms with van der Waals surface area (Å²) in [5, 5.41) is 7.00. The Balaban J connectivity index is 1.53. The molecule has 0 aliphatic heterocycles. The van der Waals surface area contributed by atoms with Gasteiger partial charge in [-0.05, 0) is 60.2 Å². The van der Waals surface area contributed by atoms with Crippen molar-refractivity contribution in [1.82, 2.24) is 5.43 Å². The number of hydrogen-bond donors (Lipinski definition) is 2. The normalized spacial score (nSPS) is 10.6. The molecular formula is C22H14Cl3N3O4. The summed E-state index contributed by atoms with van der Waals surface area (Å²) < 4.78 is 5.27. The summed E-state index contributed by atoms with van der Waals surface area (Å²) in [6.45, 7) is 0. The van der Waals surface area contributed by atoms with E-state index in [9.17, 15) is 14.4 Å². The van der Waals surface area contributed by atoms with Gasteiger partial charge in [0.2, 0.25) is 0 Å². The van der Waals surface area contributed by atoms with Crippen molar-refractivity contribution in [3.63, 3.8) is 0 Å². The smallest absolute Gasteiger partial charge is 0.345 e.